The number of allylic oxidation sites excluding steroid dienone is 1. The summed E-state index contributed by atoms with van der Waals surface area (Å²) in [6, 6.07) is 8.62. The van der Waals surface area contributed by atoms with Crippen LogP contribution in [0.2, 0.25) is 0 Å². The van der Waals surface area contributed by atoms with Crippen molar-refractivity contribution in [2.24, 2.45) is 11.0 Å². The molecule has 1 aromatic carbocycles. The summed E-state index contributed by atoms with van der Waals surface area (Å²) in [6.45, 7) is 13.1. The fraction of sp³-hybridized carbons (Fsp3) is 0.353. The maximum atomic E-state index is 4.76. The third kappa shape index (κ3) is 3.34. The summed E-state index contributed by atoms with van der Waals surface area (Å²) in [7, 11) is 0. The van der Waals surface area contributed by atoms with Crippen LogP contribution in [-0.4, -0.2) is 23.5 Å². The van der Waals surface area contributed by atoms with Crippen molar-refractivity contribution in [2.75, 3.05) is 12.8 Å². The lowest BCUT2D eigenvalue weighted by molar-refractivity contribution is 0.332. The van der Waals surface area contributed by atoms with Crippen molar-refractivity contribution < 1.29 is 0 Å². The second-order valence-corrected chi connectivity index (χ2v) is 6.27. The van der Waals surface area contributed by atoms with Gasteiger partial charge in [0.15, 0.2) is 0 Å². The molecule has 0 saturated heterocycles. The number of thioether (sulfide) groups is 1. The molecule has 0 saturated carbocycles. The van der Waals surface area contributed by atoms with Crippen molar-refractivity contribution in [2.45, 2.75) is 25.2 Å². The number of rotatable bonds is 4. The van der Waals surface area contributed by atoms with Gasteiger partial charge < -0.3 is 0 Å². The third-order valence-corrected chi connectivity index (χ3v) is 4.23. The molecule has 2 nitrogen and oxygen atoms in total. The van der Waals surface area contributed by atoms with Gasteiger partial charge in [-0.1, -0.05) is 37.8 Å². The highest BCUT2D eigenvalue weighted by molar-refractivity contribution is 7.98. The maximum Gasteiger partial charge on any atom is 0.0688 e. The minimum atomic E-state index is 0.419. The zero-order valence-corrected chi connectivity index (χ0v) is 13.3. The zero-order valence-electron chi connectivity index (χ0n) is 12.5. The monoisotopic (exact) mass is 286 g/mol. The molecule has 1 aliphatic heterocycles. The molecule has 1 aliphatic rings. The van der Waals surface area contributed by atoms with Gasteiger partial charge in [0.05, 0.1) is 12.3 Å². The van der Waals surface area contributed by atoms with Gasteiger partial charge in [0.25, 0.3) is 0 Å². The summed E-state index contributed by atoms with van der Waals surface area (Å²) in [5.74, 6) is 0.419. The Kier molecular flexibility index (Phi) is 4.71. The van der Waals surface area contributed by atoms with E-state index in [0.29, 0.717) is 5.92 Å². The van der Waals surface area contributed by atoms with E-state index in [-0.39, 0.29) is 0 Å². The molecule has 0 radical (unpaired) electrons. The summed E-state index contributed by atoms with van der Waals surface area (Å²) in [5, 5.41) is 6.76. The van der Waals surface area contributed by atoms with Crippen LogP contribution in [0.4, 0.5) is 0 Å². The molecule has 106 valence electrons. The number of hydrogen-bond acceptors (Lipinski definition) is 3. The summed E-state index contributed by atoms with van der Waals surface area (Å²) in [6.07, 6.45) is 3.04. The molecule has 0 amide bonds. The normalized spacial score (nSPS) is 18.9. The SMILES string of the molecule is C=C(C)CN1N=C(c2ccc(SC)cc2)CC(C)C1=C. The molecular weight excluding hydrogens is 264 g/mol. The van der Waals surface area contributed by atoms with Crippen molar-refractivity contribution in [1.82, 2.24) is 5.01 Å². The quantitative estimate of drug-likeness (QED) is 0.596. The van der Waals surface area contributed by atoms with E-state index < -0.39 is 0 Å². The first-order valence-electron chi connectivity index (χ1n) is 6.84. The van der Waals surface area contributed by atoms with Crippen molar-refractivity contribution in [3.8, 4) is 0 Å². The average Bonchev–Trinajstić information content (AvgIpc) is 2.43. The number of hydrazone groups is 1. The maximum absolute atomic E-state index is 4.76. The van der Waals surface area contributed by atoms with E-state index in [1.807, 2.05) is 11.9 Å². The highest BCUT2D eigenvalue weighted by Crippen LogP contribution is 2.27. The molecule has 0 aliphatic carbocycles. The van der Waals surface area contributed by atoms with Crippen molar-refractivity contribution in [3.05, 3.63) is 54.3 Å². The molecule has 1 unspecified atom stereocenters. The Morgan fingerprint density at radius 3 is 2.60 bits per heavy atom. The standard InChI is InChI=1S/C17H22N2S/c1-12(2)11-19-14(4)13(3)10-17(18-19)15-6-8-16(20-5)9-7-15/h6-9,13H,1,4,10-11H2,2-3,5H3. The molecule has 2 rings (SSSR count). The highest BCUT2D eigenvalue weighted by atomic mass is 32.2. The first kappa shape index (κ1) is 14.9. The van der Waals surface area contributed by atoms with Gasteiger partial charge in [0.2, 0.25) is 0 Å². The van der Waals surface area contributed by atoms with Crippen molar-refractivity contribution >= 4 is 17.5 Å². The van der Waals surface area contributed by atoms with Gasteiger partial charge in [-0.3, -0.25) is 5.01 Å². The molecular formula is C17H22N2S. The summed E-state index contributed by atoms with van der Waals surface area (Å²) >= 11 is 1.76. The molecule has 0 aromatic heterocycles. The fourth-order valence-electron chi connectivity index (χ4n) is 2.26. The van der Waals surface area contributed by atoms with Crippen LogP contribution in [0.3, 0.4) is 0 Å². The van der Waals surface area contributed by atoms with Crippen LogP contribution >= 0.6 is 11.8 Å². The smallest absolute Gasteiger partial charge is 0.0688 e. The van der Waals surface area contributed by atoms with Crippen LogP contribution in [-0.2, 0) is 0 Å². The predicted octanol–water partition coefficient (Wildman–Crippen LogP) is 4.54. The Morgan fingerprint density at radius 1 is 1.40 bits per heavy atom. The van der Waals surface area contributed by atoms with Gasteiger partial charge in [0, 0.05) is 22.9 Å². The number of benzene rings is 1. The topological polar surface area (TPSA) is 15.6 Å². The molecule has 3 heteroatoms. The average molecular weight is 286 g/mol. The van der Waals surface area contributed by atoms with Gasteiger partial charge in [-0.05, 0) is 30.9 Å². The summed E-state index contributed by atoms with van der Waals surface area (Å²) < 4.78 is 0. The van der Waals surface area contributed by atoms with Crippen LogP contribution in [0.25, 0.3) is 0 Å². The minimum Gasteiger partial charge on any atom is -0.266 e. The second-order valence-electron chi connectivity index (χ2n) is 5.39. The minimum absolute atomic E-state index is 0.419. The lowest BCUT2D eigenvalue weighted by atomic mass is 9.95. The Balaban J connectivity index is 2.28. The Morgan fingerprint density at radius 2 is 2.05 bits per heavy atom. The largest absolute Gasteiger partial charge is 0.266 e. The van der Waals surface area contributed by atoms with Gasteiger partial charge in [0.1, 0.15) is 0 Å². The fourth-order valence-corrected chi connectivity index (χ4v) is 2.67. The van der Waals surface area contributed by atoms with Crippen LogP contribution in [0.5, 0.6) is 0 Å². The molecule has 1 heterocycles. The van der Waals surface area contributed by atoms with Gasteiger partial charge in [-0.2, -0.15) is 5.10 Å². The highest BCUT2D eigenvalue weighted by Gasteiger charge is 2.23. The van der Waals surface area contributed by atoms with Crippen molar-refractivity contribution in [3.63, 3.8) is 0 Å². The number of nitrogens with zero attached hydrogens (tertiary/aromatic N) is 2. The van der Waals surface area contributed by atoms with E-state index in [1.165, 1.54) is 10.5 Å². The summed E-state index contributed by atoms with van der Waals surface area (Å²) in [5.41, 5.74) is 4.52. The van der Waals surface area contributed by atoms with Gasteiger partial charge in [-0.25, -0.2) is 0 Å². The van der Waals surface area contributed by atoms with Gasteiger partial charge in [-0.15, -0.1) is 11.8 Å². The molecule has 0 spiro atoms. The first-order chi connectivity index (χ1) is 9.51. The molecule has 1 atom stereocenters. The van der Waals surface area contributed by atoms with Crippen LogP contribution in [0, 0.1) is 5.92 Å². The first-order valence-corrected chi connectivity index (χ1v) is 8.06. The Labute approximate surface area is 126 Å². The molecule has 20 heavy (non-hydrogen) atoms. The zero-order chi connectivity index (χ0) is 14.7. The molecule has 0 fully saturated rings. The lowest BCUT2D eigenvalue weighted by Gasteiger charge is -2.32. The molecule has 1 aromatic rings. The Hall–Kier alpha value is -1.48. The number of hydrogen-bond donors (Lipinski definition) is 0. The van der Waals surface area contributed by atoms with E-state index in [0.717, 1.165) is 29.9 Å². The molecule has 0 bridgehead atoms. The van der Waals surface area contributed by atoms with E-state index in [9.17, 15) is 0 Å². The van der Waals surface area contributed by atoms with E-state index in [1.54, 1.807) is 11.8 Å². The predicted molar refractivity (Wildman–Crippen MR) is 89.2 cm³/mol. The van der Waals surface area contributed by atoms with E-state index in [4.69, 9.17) is 5.10 Å². The van der Waals surface area contributed by atoms with E-state index >= 15 is 0 Å². The molecule has 0 N–H and O–H groups in total. The van der Waals surface area contributed by atoms with Crippen LogP contribution < -0.4 is 0 Å². The second kappa shape index (κ2) is 6.31. The summed E-state index contributed by atoms with van der Waals surface area (Å²) in [4.78, 5) is 1.28. The third-order valence-electron chi connectivity index (χ3n) is 3.48. The Bertz CT molecular complexity index is 543. The van der Waals surface area contributed by atoms with Crippen LogP contribution in [0.15, 0.2) is 58.7 Å². The lowest BCUT2D eigenvalue weighted by Crippen LogP contribution is -2.30. The van der Waals surface area contributed by atoms with Crippen molar-refractivity contribution in [1.29, 1.82) is 0 Å². The van der Waals surface area contributed by atoms with Crippen LogP contribution in [0.1, 0.15) is 25.8 Å². The van der Waals surface area contributed by atoms with E-state index in [2.05, 4.69) is 50.6 Å². The van der Waals surface area contributed by atoms with Gasteiger partial charge >= 0.3 is 0 Å².